The minimum Gasteiger partial charge on any atom is -0.389 e. The SMILES string of the molecule is COCC(O)CN1CCC(NC(=O)c2cnc3ccccc3n2)CC1. The number of rotatable bonds is 6. The van der Waals surface area contributed by atoms with Crippen molar-refractivity contribution in [2.75, 3.05) is 33.4 Å². The fourth-order valence-electron chi connectivity index (χ4n) is 3.13. The number of piperidine rings is 1. The third-order valence-electron chi connectivity index (χ3n) is 4.43. The lowest BCUT2D eigenvalue weighted by Crippen LogP contribution is -2.47. The first-order valence-corrected chi connectivity index (χ1v) is 8.57. The highest BCUT2D eigenvalue weighted by Crippen LogP contribution is 2.13. The summed E-state index contributed by atoms with van der Waals surface area (Å²) in [4.78, 5) is 23.3. The summed E-state index contributed by atoms with van der Waals surface area (Å²) < 4.78 is 4.95. The average molecular weight is 344 g/mol. The van der Waals surface area contributed by atoms with E-state index in [1.54, 1.807) is 7.11 Å². The highest BCUT2D eigenvalue weighted by atomic mass is 16.5. The van der Waals surface area contributed by atoms with E-state index in [9.17, 15) is 9.90 Å². The molecule has 1 aliphatic heterocycles. The number of carbonyl (C=O) groups is 1. The van der Waals surface area contributed by atoms with Crippen LogP contribution >= 0.6 is 0 Å². The van der Waals surface area contributed by atoms with Crippen molar-refractivity contribution in [1.82, 2.24) is 20.2 Å². The Morgan fingerprint density at radius 3 is 2.80 bits per heavy atom. The van der Waals surface area contributed by atoms with Crippen LogP contribution in [0.1, 0.15) is 23.3 Å². The number of fused-ring (bicyclic) bond motifs is 1. The average Bonchev–Trinajstić information content (AvgIpc) is 2.63. The first-order valence-electron chi connectivity index (χ1n) is 8.57. The molecule has 0 aliphatic carbocycles. The maximum Gasteiger partial charge on any atom is 0.271 e. The van der Waals surface area contributed by atoms with Gasteiger partial charge in [-0.25, -0.2) is 4.98 Å². The van der Waals surface area contributed by atoms with Crippen LogP contribution in [0.15, 0.2) is 30.5 Å². The number of benzene rings is 1. The molecule has 7 heteroatoms. The molecule has 1 atom stereocenters. The lowest BCUT2D eigenvalue weighted by atomic mass is 10.0. The quantitative estimate of drug-likeness (QED) is 0.807. The second-order valence-corrected chi connectivity index (χ2v) is 6.40. The molecule has 2 aromatic rings. The third kappa shape index (κ3) is 4.72. The molecule has 1 unspecified atom stereocenters. The standard InChI is InChI=1S/C18H24N4O3/c1-25-12-14(23)11-22-8-6-13(7-9-22)20-18(24)17-10-19-15-4-2-3-5-16(15)21-17/h2-5,10,13-14,23H,6-9,11-12H2,1H3,(H,20,24). The van der Waals surface area contributed by atoms with Crippen molar-refractivity contribution in [3.63, 3.8) is 0 Å². The number of aliphatic hydroxyl groups is 1. The van der Waals surface area contributed by atoms with Crippen molar-refractivity contribution < 1.29 is 14.6 Å². The Morgan fingerprint density at radius 1 is 1.36 bits per heavy atom. The van der Waals surface area contributed by atoms with Gasteiger partial charge in [0.15, 0.2) is 0 Å². The molecule has 25 heavy (non-hydrogen) atoms. The van der Waals surface area contributed by atoms with Crippen LogP contribution in [-0.2, 0) is 4.74 Å². The van der Waals surface area contributed by atoms with E-state index in [-0.39, 0.29) is 11.9 Å². The summed E-state index contributed by atoms with van der Waals surface area (Å²) in [5.41, 5.74) is 1.84. The monoisotopic (exact) mass is 344 g/mol. The molecule has 0 bridgehead atoms. The van der Waals surface area contributed by atoms with Crippen LogP contribution in [0.4, 0.5) is 0 Å². The number of likely N-dealkylation sites (tertiary alicyclic amines) is 1. The molecular formula is C18H24N4O3. The Bertz CT molecular complexity index is 716. The van der Waals surface area contributed by atoms with Gasteiger partial charge in [-0.1, -0.05) is 12.1 Å². The highest BCUT2D eigenvalue weighted by molar-refractivity contribution is 5.93. The third-order valence-corrected chi connectivity index (χ3v) is 4.43. The molecule has 7 nitrogen and oxygen atoms in total. The van der Waals surface area contributed by atoms with E-state index in [1.165, 1.54) is 6.20 Å². The normalized spacial score (nSPS) is 17.5. The molecule has 1 aromatic heterocycles. The van der Waals surface area contributed by atoms with E-state index in [0.29, 0.717) is 18.8 Å². The number of methoxy groups -OCH3 is 1. The van der Waals surface area contributed by atoms with Gasteiger partial charge < -0.3 is 20.1 Å². The van der Waals surface area contributed by atoms with Crippen LogP contribution in [0.25, 0.3) is 11.0 Å². The van der Waals surface area contributed by atoms with Gasteiger partial charge in [0.05, 0.1) is 29.9 Å². The van der Waals surface area contributed by atoms with Crippen molar-refractivity contribution >= 4 is 16.9 Å². The topological polar surface area (TPSA) is 87.6 Å². The smallest absolute Gasteiger partial charge is 0.271 e. The van der Waals surface area contributed by atoms with E-state index in [0.717, 1.165) is 37.0 Å². The number of nitrogens with one attached hydrogen (secondary N) is 1. The van der Waals surface area contributed by atoms with Gasteiger partial charge in [0.2, 0.25) is 0 Å². The molecule has 0 spiro atoms. The molecule has 1 fully saturated rings. The summed E-state index contributed by atoms with van der Waals surface area (Å²) in [6.45, 7) is 2.63. The maximum atomic E-state index is 12.4. The summed E-state index contributed by atoms with van der Waals surface area (Å²) in [5.74, 6) is -0.184. The Morgan fingerprint density at radius 2 is 2.08 bits per heavy atom. The highest BCUT2D eigenvalue weighted by Gasteiger charge is 2.23. The number of hydrogen-bond donors (Lipinski definition) is 2. The molecule has 0 saturated carbocycles. The molecule has 1 amide bonds. The van der Waals surface area contributed by atoms with Gasteiger partial charge in [0.25, 0.3) is 5.91 Å². The van der Waals surface area contributed by atoms with E-state index in [2.05, 4.69) is 20.2 Å². The van der Waals surface area contributed by atoms with E-state index in [4.69, 9.17) is 4.74 Å². The molecule has 0 radical (unpaired) electrons. The number of carbonyl (C=O) groups excluding carboxylic acids is 1. The number of hydrogen-bond acceptors (Lipinski definition) is 6. The molecule has 2 N–H and O–H groups in total. The summed E-state index contributed by atoms with van der Waals surface area (Å²) in [7, 11) is 1.58. The minimum absolute atomic E-state index is 0.122. The molecule has 3 rings (SSSR count). The zero-order valence-corrected chi connectivity index (χ0v) is 14.4. The van der Waals surface area contributed by atoms with Crippen molar-refractivity contribution in [3.8, 4) is 0 Å². The number of amides is 1. The second kappa shape index (κ2) is 8.33. The van der Waals surface area contributed by atoms with Gasteiger partial charge in [-0.2, -0.15) is 0 Å². The van der Waals surface area contributed by atoms with Crippen LogP contribution in [-0.4, -0.2) is 71.4 Å². The molecule has 2 heterocycles. The predicted molar refractivity (Wildman–Crippen MR) is 94.3 cm³/mol. The molecule has 1 aromatic carbocycles. The van der Waals surface area contributed by atoms with Crippen molar-refractivity contribution in [2.45, 2.75) is 25.0 Å². The number of aliphatic hydroxyl groups excluding tert-OH is 1. The Balaban J connectivity index is 1.52. The van der Waals surface area contributed by atoms with Crippen LogP contribution in [0.2, 0.25) is 0 Å². The molecule has 1 aliphatic rings. The first-order chi connectivity index (χ1) is 12.2. The summed E-state index contributed by atoms with van der Waals surface area (Å²) in [5, 5.41) is 12.8. The van der Waals surface area contributed by atoms with Gasteiger partial charge >= 0.3 is 0 Å². The number of ether oxygens (including phenoxy) is 1. The molecule has 1 saturated heterocycles. The van der Waals surface area contributed by atoms with Gasteiger partial charge in [-0.3, -0.25) is 9.78 Å². The largest absolute Gasteiger partial charge is 0.389 e. The second-order valence-electron chi connectivity index (χ2n) is 6.40. The predicted octanol–water partition coefficient (Wildman–Crippen LogP) is 0.831. The van der Waals surface area contributed by atoms with Crippen molar-refractivity contribution in [1.29, 1.82) is 0 Å². The summed E-state index contributed by atoms with van der Waals surface area (Å²) >= 11 is 0. The molecule has 134 valence electrons. The fraction of sp³-hybridized carbons (Fsp3) is 0.500. The summed E-state index contributed by atoms with van der Waals surface area (Å²) in [6.07, 6.45) is 2.76. The van der Waals surface area contributed by atoms with E-state index < -0.39 is 6.10 Å². The van der Waals surface area contributed by atoms with E-state index in [1.807, 2.05) is 24.3 Å². The van der Waals surface area contributed by atoms with Crippen LogP contribution in [0.5, 0.6) is 0 Å². The van der Waals surface area contributed by atoms with E-state index >= 15 is 0 Å². The lowest BCUT2D eigenvalue weighted by Gasteiger charge is -2.33. The van der Waals surface area contributed by atoms with Crippen molar-refractivity contribution in [3.05, 3.63) is 36.2 Å². The van der Waals surface area contributed by atoms with Gasteiger partial charge in [0.1, 0.15) is 5.69 Å². The number of aromatic nitrogens is 2. The lowest BCUT2D eigenvalue weighted by molar-refractivity contribution is 0.0309. The zero-order valence-electron chi connectivity index (χ0n) is 14.4. The summed E-state index contributed by atoms with van der Waals surface area (Å²) in [6, 6.07) is 7.62. The fourth-order valence-corrected chi connectivity index (χ4v) is 3.13. The van der Waals surface area contributed by atoms with Gasteiger partial charge in [-0.05, 0) is 25.0 Å². The molecular weight excluding hydrogens is 320 g/mol. The van der Waals surface area contributed by atoms with Crippen LogP contribution in [0.3, 0.4) is 0 Å². The van der Waals surface area contributed by atoms with Crippen LogP contribution < -0.4 is 5.32 Å². The Labute approximate surface area is 147 Å². The number of β-amino-alcohol motifs (C(OH)–C–C–N with tert-alkyl or cyclic N) is 1. The zero-order chi connectivity index (χ0) is 17.6. The van der Waals surface area contributed by atoms with Gasteiger partial charge in [0, 0.05) is 32.8 Å². The minimum atomic E-state index is -0.469. The Kier molecular flexibility index (Phi) is 5.91. The number of nitrogens with zero attached hydrogens (tertiary/aromatic N) is 3. The van der Waals surface area contributed by atoms with Crippen molar-refractivity contribution in [2.24, 2.45) is 0 Å². The maximum absolute atomic E-state index is 12.4. The number of para-hydroxylation sites is 2. The Hall–Kier alpha value is -2.09. The van der Waals surface area contributed by atoms with Gasteiger partial charge in [-0.15, -0.1) is 0 Å². The van der Waals surface area contributed by atoms with Crippen LogP contribution in [0, 0.1) is 0 Å². The first kappa shape index (κ1) is 17.7.